The second-order valence-electron chi connectivity index (χ2n) is 6.34. The highest BCUT2D eigenvalue weighted by molar-refractivity contribution is 5.46. The van der Waals surface area contributed by atoms with Gasteiger partial charge in [0.05, 0.1) is 0 Å². The molecule has 2 aliphatic heterocycles. The van der Waals surface area contributed by atoms with Gasteiger partial charge in [-0.1, -0.05) is 25.1 Å². The van der Waals surface area contributed by atoms with Crippen LogP contribution < -0.4 is 10.2 Å². The minimum absolute atomic E-state index is 0.495. The molecule has 0 aromatic heterocycles. The molecule has 3 rings (SSSR count). The first-order valence-electron chi connectivity index (χ1n) is 7.48. The Morgan fingerprint density at radius 3 is 2.47 bits per heavy atom. The van der Waals surface area contributed by atoms with E-state index in [2.05, 4.69) is 52.4 Å². The van der Waals surface area contributed by atoms with E-state index in [1.54, 1.807) is 0 Å². The number of hydrogen-bond donors (Lipinski definition) is 1. The van der Waals surface area contributed by atoms with Crippen LogP contribution in [-0.2, 0) is 0 Å². The summed E-state index contributed by atoms with van der Waals surface area (Å²) in [6, 6.07) is 10.8. The predicted molar refractivity (Wildman–Crippen MR) is 80.7 cm³/mol. The lowest BCUT2D eigenvalue weighted by Crippen LogP contribution is -2.49. The number of hydrogen-bond acceptors (Lipinski definition) is 3. The van der Waals surface area contributed by atoms with Crippen LogP contribution >= 0.6 is 0 Å². The van der Waals surface area contributed by atoms with Gasteiger partial charge in [0.15, 0.2) is 0 Å². The Hall–Kier alpha value is -1.06. The van der Waals surface area contributed by atoms with Crippen LogP contribution in [0.25, 0.3) is 0 Å². The van der Waals surface area contributed by atoms with Crippen molar-refractivity contribution < 1.29 is 0 Å². The Morgan fingerprint density at radius 2 is 1.84 bits per heavy atom. The lowest BCUT2D eigenvalue weighted by atomic mass is 9.89. The van der Waals surface area contributed by atoms with E-state index < -0.39 is 0 Å². The van der Waals surface area contributed by atoms with Crippen molar-refractivity contribution in [1.29, 1.82) is 0 Å². The first-order valence-corrected chi connectivity index (χ1v) is 7.48. The summed E-state index contributed by atoms with van der Waals surface area (Å²) in [6.45, 7) is 10.8. The number of piperazine rings is 1. The SMILES string of the molecule is CC1(CN2CCN(c3ccccc3)CC2)CCNC1. The van der Waals surface area contributed by atoms with E-state index in [-0.39, 0.29) is 0 Å². The van der Waals surface area contributed by atoms with Gasteiger partial charge in [-0.2, -0.15) is 0 Å². The maximum Gasteiger partial charge on any atom is 0.0367 e. The fourth-order valence-corrected chi connectivity index (χ4v) is 3.35. The minimum Gasteiger partial charge on any atom is -0.369 e. The summed E-state index contributed by atoms with van der Waals surface area (Å²) in [5.74, 6) is 0. The number of para-hydroxylation sites is 1. The Bertz CT molecular complexity index is 390. The van der Waals surface area contributed by atoms with Gasteiger partial charge in [0.25, 0.3) is 0 Å². The maximum absolute atomic E-state index is 3.50. The molecule has 2 fully saturated rings. The quantitative estimate of drug-likeness (QED) is 0.893. The van der Waals surface area contributed by atoms with Gasteiger partial charge in [0, 0.05) is 45.0 Å². The third-order valence-electron chi connectivity index (χ3n) is 4.56. The molecule has 0 saturated carbocycles. The molecule has 1 atom stereocenters. The molecule has 104 valence electrons. The molecule has 0 bridgehead atoms. The third-order valence-corrected chi connectivity index (χ3v) is 4.56. The molecule has 1 aromatic rings. The summed E-state index contributed by atoms with van der Waals surface area (Å²) in [5.41, 5.74) is 1.87. The molecule has 0 amide bonds. The monoisotopic (exact) mass is 259 g/mol. The number of rotatable bonds is 3. The molecular formula is C16H25N3. The Labute approximate surface area is 116 Å². The molecule has 3 nitrogen and oxygen atoms in total. The van der Waals surface area contributed by atoms with Gasteiger partial charge in [-0.3, -0.25) is 4.90 Å². The molecule has 0 spiro atoms. The van der Waals surface area contributed by atoms with Crippen molar-refractivity contribution in [3.05, 3.63) is 30.3 Å². The van der Waals surface area contributed by atoms with Crippen molar-refractivity contribution >= 4 is 5.69 Å². The molecule has 2 saturated heterocycles. The van der Waals surface area contributed by atoms with Crippen molar-refractivity contribution in [1.82, 2.24) is 10.2 Å². The third kappa shape index (κ3) is 3.10. The first kappa shape index (κ1) is 12.9. The van der Waals surface area contributed by atoms with E-state index in [0.29, 0.717) is 5.41 Å². The lowest BCUT2D eigenvalue weighted by Gasteiger charge is -2.39. The lowest BCUT2D eigenvalue weighted by molar-refractivity contribution is 0.169. The smallest absolute Gasteiger partial charge is 0.0367 e. The standard InChI is InChI=1S/C16H25N3/c1-16(7-8-17-13-16)14-18-9-11-19(12-10-18)15-5-3-2-4-6-15/h2-6,17H,7-14H2,1H3. The van der Waals surface area contributed by atoms with Gasteiger partial charge in [0.1, 0.15) is 0 Å². The predicted octanol–water partition coefficient (Wildman–Crippen LogP) is 1.81. The summed E-state index contributed by atoms with van der Waals surface area (Å²) in [7, 11) is 0. The zero-order chi connectivity index (χ0) is 13.1. The van der Waals surface area contributed by atoms with Crippen LogP contribution in [0.2, 0.25) is 0 Å². The number of benzene rings is 1. The normalized spacial score (nSPS) is 28.8. The summed E-state index contributed by atoms with van der Waals surface area (Å²) in [5, 5.41) is 3.50. The minimum atomic E-state index is 0.495. The van der Waals surface area contributed by atoms with E-state index in [9.17, 15) is 0 Å². The molecule has 0 radical (unpaired) electrons. The van der Waals surface area contributed by atoms with Crippen LogP contribution in [-0.4, -0.2) is 50.7 Å². The van der Waals surface area contributed by atoms with E-state index in [0.717, 1.165) is 13.1 Å². The van der Waals surface area contributed by atoms with Gasteiger partial charge in [0.2, 0.25) is 0 Å². The topological polar surface area (TPSA) is 18.5 Å². The largest absolute Gasteiger partial charge is 0.369 e. The van der Waals surface area contributed by atoms with Crippen molar-refractivity contribution in [3.63, 3.8) is 0 Å². The fraction of sp³-hybridized carbons (Fsp3) is 0.625. The molecule has 2 heterocycles. The van der Waals surface area contributed by atoms with Crippen molar-refractivity contribution in [3.8, 4) is 0 Å². The molecule has 1 unspecified atom stereocenters. The highest BCUT2D eigenvalue weighted by Gasteiger charge is 2.31. The van der Waals surface area contributed by atoms with Gasteiger partial charge in [-0.15, -0.1) is 0 Å². The van der Waals surface area contributed by atoms with Crippen LogP contribution in [0.5, 0.6) is 0 Å². The Kier molecular flexibility index (Phi) is 3.76. The number of anilines is 1. The Morgan fingerprint density at radius 1 is 1.11 bits per heavy atom. The zero-order valence-corrected chi connectivity index (χ0v) is 11.9. The zero-order valence-electron chi connectivity index (χ0n) is 11.9. The molecule has 19 heavy (non-hydrogen) atoms. The van der Waals surface area contributed by atoms with E-state index in [1.807, 2.05) is 0 Å². The summed E-state index contributed by atoms with van der Waals surface area (Å²) in [4.78, 5) is 5.15. The van der Waals surface area contributed by atoms with Gasteiger partial charge in [-0.05, 0) is 30.5 Å². The molecule has 2 aliphatic rings. The van der Waals surface area contributed by atoms with Crippen molar-refractivity contribution in [2.24, 2.45) is 5.41 Å². The maximum atomic E-state index is 3.50. The molecular weight excluding hydrogens is 234 g/mol. The highest BCUT2D eigenvalue weighted by atomic mass is 15.3. The average molecular weight is 259 g/mol. The second-order valence-corrected chi connectivity index (χ2v) is 6.34. The summed E-state index contributed by atoms with van der Waals surface area (Å²) in [6.07, 6.45) is 1.33. The molecule has 1 aromatic carbocycles. The highest BCUT2D eigenvalue weighted by Crippen LogP contribution is 2.26. The molecule has 0 aliphatic carbocycles. The molecule has 3 heteroatoms. The van der Waals surface area contributed by atoms with Gasteiger partial charge < -0.3 is 10.2 Å². The van der Waals surface area contributed by atoms with Crippen molar-refractivity contribution in [2.75, 3.05) is 50.7 Å². The van der Waals surface area contributed by atoms with E-state index >= 15 is 0 Å². The van der Waals surface area contributed by atoms with Crippen LogP contribution in [0.4, 0.5) is 5.69 Å². The second kappa shape index (κ2) is 5.51. The van der Waals surface area contributed by atoms with E-state index in [1.165, 1.54) is 44.8 Å². The van der Waals surface area contributed by atoms with Crippen LogP contribution in [0, 0.1) is 5.41 Å². The molecule has 1 N–H and O–H groups in total. The first-order chi connectivity index (χ1) is 9.25. The van der Waals surface area contributed by atoms with Gasteiger partial charge in [-0.25, -0.2) is 0 Å². The van der Waals surface area contributed by atoms with Crippen molar-refractivity contribution in [2.45, 2.75) is 13.3 Å². The van der Waals surface area contributed by atoms with Gasteiger partial charge >= 0.3 is 0 Å². The average Bonchev–Trinajstić information content (AvgIpc) is 2.87. The number of nitrogens with one attached hydrogen (secondary N) is 1. The fourth-order valence-electron chi connectivity index (χ4n) is 3.35. The Balaban J connectivity index is 1.52. The summed E-state index contributed by atoms with van der Waals surface area (Å²) >= 11 is 0. The van der Waals surface area contributed by atoms with Crippen LogP contribution in [0.1, 0.15) is 13.3 Å². The van der Waals surface area contributed by atoms with Crippen LogP contribution in [0.15, 0.2) is 30.3 Å². The summed E-state index contributed by atoms with van der Waals surface area (Å²) < 4.78 is 0. The van der Waals surface area contributed by atoms with Crippen LogP contribution in [0.3, 0.4) is 0 Å². The number of nitrogens with zero attached hydrogens (tertiary/aromatic N) is 2. The van der Waals surface area contributed by atoms with E-state index in [4.69, 9.17) is 0 Å².